The van der Waals surface area contributed by atoms with Gasteiger partial charge in [-0.2, -0.15) is 5.26 Å². The second-order valence-electron chi connectivity index (χ2n) is 5.03. The Morgan fingerprint density at radius 1 is 1.19 bits per heavy atom. The van der Waals surface area contributed by atoms with Gasteiger partial charge in [0.25, 0.3) is 0 Å². The lowest BCUT2D eigenvalue weighted by Crippen LogP contribution is -2.21. The second-order valence-corrected chi connectivity index (χ2v) is 5.03. The highest BCUT2D eigenvalue weighted by molar-refractivity contribution is 5.55. The van der Waals surface area contributed by atoms with Gasteiger partial charge in [-0.15, -0.1) is 0 Å². The van der Waals surface area contributed by atoms with Gasteiger partial charge in [0.2, 0.25) is 0 Å². The van der Waals surface area contributed by atoms with Gasteiger partial charge >= 0.3 is 0 Å². The molecule has 0 aliphatic heterocycles. The average molecular weight is 282 g/mol. The maximum atomic E-state index is 8.95. The molecule has 0 bridgehead atoms. The highest BCUT2D eigenvalue weighted by atomic mass is 15.1. The van der Waals surface area contributed by atoms with Crippen LogP contribution in [0.15, 0.2) is 36.5 Å². The first-order valence-electron chi connectivity index (χ1n) is 7.32. The third-order valence-corrected chi connectivity index (χ3v) is 3.67. The Morgan fingerprint density at radius 2 is 1.86 bits per heavy atom. The van der Waals surface area contributed by atoms with Gasteiger partial charge in [0, 0.05) is 44.3 Å². The number of anilines is 2. The Kier molecular flexibility index (Phi) is 4.89. The molecule has 0 spiro atoms. The lowest BCUT2D eigenvalue weighted by Gasteiger charge is -2.21. The average Bonchev–Trinajstić information content (AvgIpc) is 2.88. The summed E-state index contributed by atoms with van der Waals surface area (Å²) in [4.78, 5) is 2.32. The fourth-order valence-corrected chi connectivity index (χ4v) is 2.42. The van der Waals surface area contributed by atoms with E-state index in [1.165, 1.54) is 5.69 Å². The third kappa shape index (κ3) is 3.57. The molecule has 21 heavy (non-hydrogen) atoms. The maximum absolute atomic E-state index is 8.95. The topological polar surface area (TPSA) is 44.0 Å². The Morgan fingerprint density at radius 3 is 2.38 bits per heavy atom. The summed E-state index contributed by atoms with van der Waals surface area (Å²) in [6, 6.07) is 12.6. The smallest absolute Gasteiger partial charge is 0.120 e. The summed E-state index contributed by atoms with van der Waals surface area (Å²) in [7, 11) is 1.89. The summed E-state index contributed by atoms with van der Waals surface area (Å²) in [5.74, 6) is 0. The van der Waals surface area contributed by atoms with Crippen LogP contribution in [0.3, 0.4) is 0 Å². The van der Waals surface area contributed by atoms with E-state index < -0.39 is 0 Å². The van der Waals surface area contributed by atoms with Gasteiger partial charge in [-0.1, -0.05) is 0 Å². The van der Waals surface area contributed by atoms with Crippen LogP contribution in [0.5, 0.6) is 0 Å². The van der Waals surface area contributed by atoms with Crippen LogP contribution in [0, 0.1) is 11.3 Å². The molecule has 0 atom stereocenters. The summed E-state index contributed by atoms with van der Waals surface area (Å²) in [6.45, 7) is 7.09. The summed E-state index contributed by atoms with van der Waals surface area (Å²) in [5.41, 5.74) is 4.14. The molecular formula is C17H22N4. The Labute approximate surface area is 126 Å². The molecule has 1 aromatic heterocycles. The van der Waals surface area contributed by atoms with Gasteiger partial charge in [0.1, 0.15) is 11.8 Å². The Balaban J connectivity index is 1.99. The molecule has 1 aromatic carbocycles. The summed E-state index contributed by atoms with van der Waals surface area (Å²) in [5, 5.41) is 12.3. The van der Waals surface area contributed by atoms with E-state index in [-0.39, 0.29) is 0 Å². The standard InChI is InChI=1S/C17H22N4/c1-4-21(5-2)16-8-6-15(7-9-16)19-12-14-10-17(11-18)20(3)13-14/h6-10,13,19H,4-5,12H2,1-3H3. The van der Waals surface area contributed by atoms with Crippen molar-refractivity contribution in [2.24, 2.45) is 7.05 Å². The molecule has 0 saturated heterocycles. The molecule has 2 rings (SSSR count). The molecule has 0 amide bonds. The van der Waals surface area contributed by atoms with E-state index >= 15 is 0 Å². The lowest BCUT2D eigenvalue weighted by atomic mass is 10.2. The van der Waals surface area contributed by atoms with Gasteiger partial charge in [-0.3, -0.25) is 0 Å². The fraction of sp³-hybridized carbons (Fsp3) is 0.353. The van der Waals surface area contributed by atoms with E-state index in [9.17, 15) is 0 Å². The number of aryl methyl sites for hydroxylation is 1. The van der Waals surface area contributed by atoms with E-state index in [1.807, 2.05) is 23.9 Å². The van der Waals surface area contributed by atoms with Crippen LogP contribution >= 0.6 is 0 Å². The van der Waals surface area contributed by atoms with Crippen molar-refractivity contribution >= 4 is 11.4 Å². The lowest BCUT2D eigenvalue weighted by molar-refractivity contribution is 0.866. The fourth-order valence-electron chi connectivity index (χ4n) is 2.42. The molecule has 0 radical (unpaired) electrons. The zero-order chi connectivity index (χ0) is 15.2. The molecular weight excluding hydrogens is 260 g/mol. The number of hydrogen-bond donors (Lipinski definition) is 1. The molecule has 2 aromatic rings. The monoisotopic (exact) mass is 282 g/mol. The number of nitrogens with one attached hydrogen (secondary N) is 1. The molecule has 0 aliphatic carbocycles. The van der Waals surface area contributed by atoms with Crippen LogP contribution in [0.25, 0.3) is 0 Å². The third-order valence-electron chi connectivity index (χ3n) is 3.67. The van der Waals surface area contributed by atoms with Crippen molar-refractivity contribution in [1.29, 1.82) is 5.26 Å². The van der Waals surface area contributed by atoms with E-state index in [1.54, 1.807) is 0 Å². The van der Waals surface area contributed by atoms with Crippen LogP contribution in [-0.2, 0) is 13.6 Å². The van der Waals surface area contributed by atoms with Crippen molar-refractivity contribution in [3.8, 4) is 6.07 Å². The number of aromatic nitrogens is 1. The van der Waals surface area contributed by atoms with E-state index in [0.717, 1.165) is 30.9 Å². The van der Waals surface area contributed by atoms with Gasteiger partial charge in [-0.05, 0) is 49.7 Å². The van der Waals surface area contributed by atoms with E-state index in [2.05, 4.69) is 54.4 Å². The molecule has 1 N–H and O–H groups in total. The van der Waals surface area contributed by atoms with Crippen LogP contribution in [-0.4, -0.2) is 17.7 Å². The number of nitriles is 1. The first-order valence-corrected chi connectivity index (χ1v) is 7.32. The van der Waals surface area contributed by atoms with Crippen LogP contribution in [0.1, 0.15) is 25.1 Å². The van der Waals surface area contributed by atoms with Gasteiger partial charge < -0.3 is 14.8 Å². The molecule has 110 valence electrons. The van der Waals surface area contributed by atoms with E-state index in [4.69, 9.17) is 5.26 Å². The van der Waals surface area contributed by atoms with Crippen molar-refractivity contribution in [1.82, 2.24) is 4.57 Å². The highest BCUT2D eigenvalue weighted by Crippen LogP contribution is 2.18. The second kappa shape index (κ2) is 6.85. The van der Waals surface area contributed by atoms with Crippen LogP contribution < -0.4 is 10.2 Å². The van der Waals surface area contributed by atoms with Crippen LogP contribution in [0.4, 0.5) is 11.4 Å². The number of nitrogens with zero attached hydrogens (tertiary/aromatic N) is 3. The summed E-state index contributed by atoms with van der Waals surface area (Å²) >= 11 is 0. The molecule has 0 aliphatic rings. The quantitative estimate of drug-likeness (QED) is 0.883. The highest BCUT2D eigenvalue weighted by Gasteiger charge is 2.03. The Hall–Kier alpha value is -2.41. The predicted octanol–water partition coefficient (Wildman–Crippen LogP) is 3.36. The summed E-state index contributed by atoms with van der Waals surface area (Å²) in [6.07, 6.45) is 1.98. The largest absolute Gasteiger partial charge is 0.381 e. The zero-order valence-electron chi connectivity index (χ0n) is 12.9. The molecule has 0 unspecified atom stereocenters. The van der Waals surface area contributed by atoms with Crippen LogP contribution in [0.2, 0.25) is 0 Å². The van der Waals surface area contributed by atoms with Crippen molar-refractivity contribution in [3.05, 3.63) is 47.8 Å². The van der Waals surface area contributed by atoms with Crippen molar-refractivity contribution < 1.29 is 0 Å². The number of benzene rings is 1. The van der Waals surface area contributed by atoms with Crippen molar-refractivity contribution in [3.63, 3.8) is 0 Å². The minimum atomic E-state index is 0.684. The number of rotatable bonds is 6. The van der Waals surface area contributed by atoms with Gasteiger partial charge in [0.05, 0.1) is 0 Å². The zero-order valence-corrected chi connectivity index (χ0v) is 12.9. The normalized spacial score (nSPS) is 10.2. The first kappa shape index (κ1) is 15.0. The van der Waals surface area contributed by atoms with Crippen molar-refractivity contribution in [2.75, 3.05) is 23.3 Å². The minimum absolute atomic E-state index is 0.684. The maximum Gasteiger partial charge on any atom is 0.120 e. The first-order chi connectivity index (χ1) is 10.2. The number of hydrogen-bond acceptors (Lipinski definition) is 3. The Bertz CT molecular complexity index is 615. The SMILES string of the molecule is CCN(CC)c1ccc(NCc2cc(C#N)n(C)c2)cc1. The minimum Gasteiger partial charge on any atom is -0.381 e. The summed E-state index contributed by atoms with van der Waals surface area (Å²) < 4.78 is 1.85. The molecule has 0 saturated carbocycles. The molecule has 4 heteroatoms. The molecule has 0 fully saturated rings. The van der Waals surface area contributed by atoms with Crippen molar-refractivity contribution in [2.45, 2.75) is 20.4 Å². The van der Waals surface area contributed by atoms with Gasteiger partial charge in [-0.25, -0.2) is 0 Å². The predicted molar refractivity (Wildman–Crippen MR) is 87.5 cm³/mol. The van der Waals surface area contributed by atoms with E-state index in [0.29, 0.717) is 5.69 Å². The molecule has 1 heterocycles. The molecule has 4 nitrogen and oxygen atoms in total. The van der Waals surface area contributed by atoms with Gasteiger partial charge in [0.15, 0.2) is 0 Å².